The van der Waals surface area contributed by atoms with E-state index in [1.165, 1.54) is 16.9 Å². The first-order valence-electron chi connectivity index (χ1n) is 7.99. The van der Waals surface area contributed by atoms with E-state index in [1.54, 1.807) is 24.2 Å². The van der Waals surface area contributed by atoms with Crippen LogP contribution in [0.2, 0.25) is 0 Å². The van der Waals surface area contributed by atoms with E-state index >= 15 is 0 Å². The summed E-state index contributed by atoms with van der Waals surface area (Å²) in [7, 11) is 0. The molecule has 1 aromatic carbocycles. The summed E-state index contributed by atoms with van der Waals surface area (Å²) in [6.45, 7) is 4.23. The number of carbonyl (C=O) groups excluding carboxylic acids is 1. The minimum Gasteiger partial charge on any atom is -0.279 e. The molecule has 4 rings (SSSR count). The van der Waals surface area contributed by atoms with Gasteiger partial charge in [0.1, 0.15) is 4.88 Å². The zero-order valence-corrected chi connectivity index (χ0v) is 15.8. The molecule has 0 fully saturated rings. The number of benzene rings is 1. The highest BCUT2D eigenvalue weighted by molar-refractivity contribution is 7.22. The molecule has 26 heavy (non-hydrogen) atoms. The van der Waals surface area contributed by atoms with E-state index in [2.05, 4.69) is 25.6 Å². The molecule has 0 spiro atoms. The maximum atomic E-state index is 13.2. The molecule has 0 unspecified atom stereocenters. The summed E-state index contributed by atoms with van der Waals surface area (Å²) in [6, 6.07) is 9.90. The third-order valence-electron chi connectivity index (χ3n) is 3.92. The molecule has 1 amide bonds. The average Bonchev–Trinajstić information content (AvgIpc) is 3.25. The molecule has 3 heterocycles. The number of anilines is 1. The van der Waals surface area contributed by atoms with E-state index in [9.17, 15) is 4.79 Å². The highest BCUT2D eigenvalue weighted by atomic mass is 32.1. The van der Waals surface area contributed by atoms with Crippen molar-refractivity contribution in [2.75, 3.05) is 4.90 Å². The number of hydrogen-bond acceptors (Lipinski definition) is 7. The van der Waals surface area contributed by atoms with E-state index in [1.807, 2.05) is 31.2 Å². The molecule has 0 saturated heterocycles. The summed E-state index contributed by atoms with van der Waals surface area (Å²) < 4.78 is 4.95. The maximum Gasteiger partial charge on any atom is 0.274 e. The molecule has 3 aromatic heterocycles. The van der Waals surface area contributed by atoms with Gasteiger partial charge in [0.25, 0.3) is 5.91 Å². The first-order valence-corrected chi connectivity index (χ1v) is 9.58. The van der Waals surface area contributed by atoms with E-state index < -0.39 is 0 Å². The molecule has 4 aromatic rings. The van der Waals surface area contributed by atoms with Crippen LogP contribution in [0.25, 0.3) is 10.2 Å². The fraction of sp³-hybridized carbons (Fsp3) is 0.167. The summed E-state index contributed by atoms with van der Waals surface area (Å²) in [5.74, 6) is -0.142. The number of aromatic nitrogens is 4. The van der Waals surface area contributed by atoms with Gasteiger partial charge >= 0.3 is 0 Å². The van der Waals surface area contributed by atoms with Crippen LogP contribution in [0.3, 0.4) is 0 Å². The molecule has 0 aliphatic heterocycles. The standard InChI is InChI=1S/C18H15N5OS2/c1-11-5-6-14-15(8-11)25-18(20-14)23(10-13-4-3-7-19-9-13)17(24)16-12(2)21-22-26-16/h3-9H,10H2,1-2H3. The smallest absolute Gasteiger partial charge is 0.274 e. The summed E-state index contributed by atoms with van der Waals surface area (Å²) in [4.78, 5) is 24.2. The van der Waals surface area contributed by atoms with Crippen LogP contribution in [0.4, 0.5) is 5.13 Å². The van der Waals surface area contributed by atoms with Crippen LogP contribution in [0.1, 0.15) is 26.5 Å². The van der Waals surface area contributed by atoms with Gasteiger partial charge in [0, 0.05) is 12.4 Å². The SMILES string of the molecule is Cc1ccc2nc(N(Cc3cccnc3)C(=O)c3snnc3C)sc2c1. The second kappa shape index (κ2) is 6.89. The molecule has 0 aliphatic rings. The number of fused-ring (bicyclic) bond motifs is 1. The third-order valence-corrected chi connectivity index (χ3v) is 5.78. The molecule has 0 saturated carbocycles. The van der Waals surface area contributed by atoms with Gasteiger partial charge in [-0.25, -0.2) is 4.98 Å². The Bertz CT molecular complexity index is 1070. The Kier molecular flexibility index (Phi) is 4.44. The number of carbonyl (C=O) groups is 1. The van der Waals surface area contributed by atoms with E-state index in [0.717, 1.165) is 27.3 Å². The number of amides is 1. The summed E-state index contributed by atoms with van der Waals surface area (Å²) in [6.07, 6.45) is 3.48. The summed E-state index contributed by atoms with van der Waals surface area (Å²) >= 11 is 2.62. The van der Waals surface area contributed by atoms with Crippen LogP contribution >= 0.6 is 22.9 Å². The molecule has 0 radical (unpaired) electrons. The Morgan fingerprint density at radius 1 is 1.23 bits per heavy atom. The molecule has 130 valence electrons. The van der Waals surface area contributed by atoms with Gasteiger partial charge < -0.3 is 0 Å². The Morgan fingerprint density at radius 2 is 2.12 bits per heavy atom. The van der Waals surface area contributed by atoms with Crippen LogP contribution in [-0.2, 0) is 6.54 Å². The molecular formula is C18H15N5OS2. The van der Waals surface area contributed by atoms with Gasteiger partial charge in [-0.2, -0.15) is 0 Å². The monoisotopic (exact) mass is 381 g/mol. The number of pyridine rings is 1. The van der Waals surface area contributed by atoms with Crippen molar-refractivity contribution in [2.45, 2.75) is 20.4 Å². The van der Waals surface area contributed by atoms with Crippen molar-refractivity contribution in [3.05, 3.63) is 64.4 Å². The largest absolute Gasteiger partial charge is 0.279 e. The Balaban J connectivity index is 1.78. The first kappa shape index (κ1) is 16.7. The quantitative estimate of drug-likeness (QED) is 0.534. The van der Waals surface area contributed by atoms with E-state index in [4.69, 9.17) is 0 Å². The fourth-order valence-electron chi connectivity index (χ4n) is 2.59. The highest BCUT2D eigenvalue weighted by Gasteiger charge is 2.25. The van der Waals surface area contributed by atoms with Crippen LogP contribution in [0.15, 0.2) is 42.7 Å². The zero-order valence-electron chi connectivity index (χ0n) is 14.2. The normalized spacial score (nSPS) is 11.0. The number of nitrogens with zero attached hydrogens (tertiary/aromatic N) is 5. The second-order valence-electron chi connectivity index (χ2n) is 5.91. The molecule has 6 nitrogen and oxygen atoms in total. The van der Waals surface area contributed by atoms with Crippen molar-refractivity contribution in [1.29, 1.82) is 0 Å². The minimum atomic E-state index is -0.142. The van der Waals surface area contributed by atoms with E-state index in [-0.39, 0.29) is 5.91 Å². The van der Waals surface area contributed by atoms with Crippen molar-refractivity contribution in [3.63, 3.8) is 0 Å². The fourth-order valence-corrected chi connectivity index (χ4v) is 4.25. The Hall–Kier alpha value is -2.71. The lowest BCUT2D eigenvalue weighted by molar-refractivity contribution is 0.0988. The predicted molar refractivity (Wildman–Crippen MR) is 104 cm³/mol. The van der Waals surface area contributed by atoms with Gasteiger partial charge in [-0.15, -0.1) is 5.10 Å². The Labute approximate surface area is 158 Å². The van der Waals surface area contributed by atoms with Gasteiger partial charge in [-0.1, -0.05) is 28.0 Å². The van der Waals surface area contributed by atoms with Crippen molar-refractivity contribution in [2.24, 2.45) is 0 Å². The molecule has 0 bridgehead atoms. The molecule has 0 N–H and O–H groups in total. The van der Waals surface area contributed by atoms with Crippen LogP contribution < -0.4 is 4.90 Å². The van der Waals surface area contributed by atoms with Gasteiger partial charge in [-0.3, -0.25) is 14.7 Å². The van der Waals surface area contributed by atoms with E-state index in [0.29, 0.717) is 22.2 Å². The number of hydrogen-bond donors (Lipinski definition) is 0. The molecule has 0 aliphatic carbocycles. The van der Waals surface area contributed by atoms with Crippen molar-refractivity contribution < 1.29 is 4.79 Å². The summed E-state index contributed by atoms with van der Waals surface area (Å²) in [5, 5.41) is 4.63. The average molecular weight is 381 g/mol. The first-order chi connectivity index (χ1) is 12.6. The van der Waals surface area contributed by atoms with Crippen LogP contribution in [-0.4, -0.2) is 25.5 Å². The Morgan fingerprint density at radius 3 is 2.85 bits per heavy atom. The van der Waals surface area contributed by atoms with Gasteiger partial charge in [0.2, 0.25) is 0 Å². The van der Waals surface area contributed by atoms with Gasteiger partial charge in [-0.05, 0) is 54.7 Å². The van der Waals surface area contributed by atoms with Crippen molar-refractivity contribution in [3.8, 4) is 0 Å². The lowest BCUT2D eigenvalue weighted by Crippen LogP contribution is -2.30. The maximum absolute atomic E-state index is 13.2. The van der Waals surface area contributed by atoms with Crippen LogP contribution in [0.5, 0.6) is 0 Å². The predicted octanol–water partition coefficient (Wildman–Crippen LogP) is 4.01. The molecule has 0 atom stereocenters. The van der Waals surface area contributed by atoms with Crippen molar-refractivity contribution in [1.82, 2.24) is 19.6 Å². The lowest BCUT2D eigenvalue weighted by Gasteiger charge is -2.19. The summed E-state index contributed by atoms with van der Waals surface area (Å²) in [5.41, 5.74) is 3.62. The molecular weight excluding hydrogens is 366 g/mol. The topological polar surface area (TPSA) is 71.9 Å². The van der Waals surface area contributed by atoms with Crippen molar-refractivity contribution >= 4 is 44.1 Å². The van der Waals surface area contributed by atoms with Gasteiger partial charge in [0.15, 0.2) is 5.13 Å². The lowest BCUT2D eigenvalue weighted by atomic mass is 10.2. The highest BCUT2D eigenvalue weighted by Crippen LogP contribution is 2.32. The molecule has 8 heteroatoms. The van der Waals surface area contributed by atoms with Crippen LogP contribution in [0, 0.1) is 13.8 Å². The minimum absolute atomic E-state index is 0.142. The number of aryl methyl sites for hydroxylation is 2. The van der Waals surface area contributed by atoms with Gasteiger partial charge in [0.05, 0.1) is 22.5 Å². The second-order valence-corrected chi connectivity index (χ2v) is 7.67. The zero-order chi connectivity index (χ0) is 18.1. The third kappa shape index (κ3) is 3.21. The number of rotatable bonds is 4. The number of thiazole rings is 1.